The van der Waals surface area contributed by atoms with Crippen LogP contribution in [0.25, 0.3) is 10.8 Å². The summed E-state index contributed by atoms with van der Waals surface area (Å²) in [6, 6.07) is 18.9. The first kappa shape index (κ1) is 23.4. The molecular weight excluding hydrogens is 416 g/mol. The molecule has 1 fully saturated rings. The number of aliphatic hydroxyl groups excluding tert-OH is 1. The Labute approximate surface area is 196 Å². The fraction of sp³-hybridized carbons (Fsp3) is 0.407. The van der Waals surface area contributed by atoms with Crippen molar-refractivity contribution in [3.05, 3.63) is 65.7 Å². The van der Waals surface area contributed by atoms with Gasteiger partial charge in [0.25, 0.3) is 0 Å². The number of piperazine rings is 1. The number of ether oxygens (including phenoxy) is 3. The molecule has 6 nitrogen and oxygen atoms in total. The molecule has 4 rings (SSSR count). The van der Waals surface area contributed by atoms with Crippen LogP contribution < -0.4 is 14.2 Å². The van der Waals surface area contributed by atoms with Gasteiger partial charge in [0.2, 0.25) is 0 Å². The maximum atomic E-state index is 9.76. The van der Waals surface area contributed by atoms with Crippen LogP contribution in [-0.4, -0.2) is 68.5 Å². The minimum absolute atomic E-state index is 0.175. The molecule has 1 saturated heterocycles. The van der Waals surface area contributed by atoms with Gasteiger partial charge < -0.3 is 19.3 Å². The molecule has 176 valence electrons. The second-order valence-electron chi connectivity index (χ2n) is 8.56. The first-order valence-corrected chi connectivity index (χ1v) is 11.5. The van der Waals surface area contributed by atoms with E-state index in [0.29, 0.717) is 0 Å². The summed E-state index contributed by atoms with van der Waals surface area (Å²) in [7, 11) is 5.09. The average Bonchev–Trinajstić information content (AvgIpc) is 2.85. The van der Waals surface area contributed by atoms with E-state index in [1.165, 1.54) is 16.3 Å². The van der Waals surface area contributed by atoms with Crippen LogP contribution in [0.4, 0.5) is 0 Å². The molecule has 3 aromatic carbocycles. The fourth-order valence-corrected chi connectivity index (χ4v) is 4.82. The second-order valence-corrected chi connectivity index (χ2v) is 8.56. The number of nitrogens with zero attached hydrogens (tertiary/aromatic N) is 2. The Morgan fingerprint density at radius 3 is 2.33 bits per heavy atom. The molecule has 1 aliphatic heterocycles. The summed E-state index contributed by atoms with van der Waals surface area (Å²) < 4.78 is 16.6. The smallest absolute Gasteiger partial charge is 0.123 e. The Bertz CT molecular complexity index is 1050. The predicted molar refractivity (Wildman–Crippen MR) is 131 cm³/mol. The molecule has 1 N–H and O–H groups in total. The van der Waals surface area contributed by atoms with Crippen LogP contribution in [0.2, 0.25) is 0 Å². The Balaban J connectivity index is 1.52. The topological polar surface area (TPSA) is 54.4 Å². The summed E-state index contributed by atoms with van der Waals surface area (Å²) in [5.41, 5.74) is 2.38. The van der Waals surface area contributed by atoms with Gasteiger partial charge in [-0.1, -0.05) is 30.3 Å². The van der Waals surface area contributed by atoms with E-state index in [4.69, 9.17) is 14.2 Å². The van der Waals surface area contributed by atoms with Crippen molar-refractivity contribution >= 4 is 10.8 Å². The zero-order valence-electron chi connectivity index (χ0n) is 19.8. The van der Waals surface area contributed by atoms with E-state index in [9.17, 15) is 5.11 Å². The van der Waals surface area contributed by atoms with Crippen molar-refractivity contribution < 1.29 is 19.3 Å². The number of aliphatic hydroxyl groups is 1. The number of methoxy groups -OCH3 is 3. The van der Waals surface area contributed by atoms with Gasteiger partial charge in [0, 0.05) is 57.0 Å². The number of benzene rings is 3. The quantitative estimate of drug-likeness (QED) is 0.533. The molecule has 0 saturated carbocycles. The lowest BCUT2D eigenvalue weighted by molar-refractivity contribution is 0.0497. The van der Waals surface area contributed by atoms with Crippen molar-refractivity contribution in [2.24, 2.45) is 0 Å². The van der Waals surface area contributed by atoms with Gasteiger partial charge in [0.1, 0.15) is 17.2 Å². The van der Waals surface area contributed by atoms with Crippen LogP contribution in [0.1, 0.15) is 17.5 Å². The van der Waals surface area contributed by atoms with Crippen molar-refractivity contribution in [1.82, 2.24) is 9.80 Å². The molecule has 1 heterocycles. The largest absolute Gasteiger partial charge is 0.497 e. The maximum Gasteiger partial charge on any atom is 0.123 e. The summed E-state index contributed by atoms with van der Waals surface area (Å²) in [5, 5.41) is 12.2. The Kier molecular flexibility index (Phi) is 7.70. The minimum Gasteiger partial charge on any atom is -0.497 e. The van der Waals surface area contributed by atoms with E-state index in [0.717, 1.165) is 62.0 Å². The van der Waals surface area contributed by atoms with Gasteiger partial charge in [0.05, 0.1) is 21.3 Å². The zero-order valence-corrected chi connectivity index (χ0v) is 19.8. The highest BCUT2D eigenvalue weighted by Gasteiger charge is 2.28. The summed E-state index contributed by atoms with van der Waals surface area (Å²) >= 11 is 0. The van der Waals surface area contributed by atoms with Crippen LogP contribution in [0.5, 0.6) is 17.2 Å². The maximum absolute atomic E-state index is 9.76. The third-order valence-electron chi connectivity index (χ3n) is 6.55. The normalized spacial score (nSPS) is 17.3. The first-order valence-electron chi connectivity index (χ1n) is 11.5. The monoisotopic (exact) mass is 450 g/mol. The lowest BCUT2D eigenvalue weighted by atomic mass is 10.0. The predicted octanol–water partition coefficient (Wildman–Crippen LogP) is 3.93. The third kappa shape index (κ3) is 5.41. The molecule has 1 atom stereocenters. The molecule has 1 aliphatic rings. The van der Waals surface area contributed by atoms with Crippen molar-refractivity contribution in [3.63, 3.8) is 0 Å². The molecule has 3 aromatic rings. The fourth-order valence-electron chi connectivity index (χ4n) is 4.82. The van der Waals surface area contributed by atoms with Gasteiger partial charge in [-0.05, 0) is 41.0 Å². The second kappa shape index (κ2) is 10.9. The number of hydrogen-bond acceptors (Lipinski definition) is 6. The molecule has 0 aliphatic carbocycles. The van der Waals surface area contributed by atoms with Crippen LogP contribution in [0.3, 0.4) is 0 Å². The molecule has 0 aromatic heterocycles. The Hall–Kier alpha value is -2.80. The Morgan fingerprint density at radius 1 is 0.879 bits per heavy atom. The number of rotatable bonds is 9. The SMILES string of the molecule is COc1cc(CN2CCN(Cc3c(OC)ccc4ccccc34)CC2CCO)cc(OC)c1. The van der Waals surface area contributed by atoms with Gasteiger partial charge in [0.15, 0.2) is 0 Å². The Morgan fingerprint density at radius 2 is 1.64 bits per heavy atom. The van der Waals surface area contributed by atoms with Gasteiger partial charge in [-0.15, -0.1) is 0 Å². The van der Waals surface area contributed by atoms with Crippen LogP contribution in [0, 0.1) is 0 Å². The molecular formula is C27H34N2O4. The molecule has 0 amide bonds. The van der Waals surface area contributed by atoms with Crippen molar-refractivity contribution in [2.75, 3.05) is 47.6 Å². The van der Waals surface area contributed by atoms with E-state index in [-0.39, 0.29) is 12.6 Å². The van der Waals surface area contributed by atoms with Crippen LogP contribution in [-0.2, 0) is 13.1 Å². The summed E-state index contributed by atoms with van der Waals surface area (Å²) in [6.45, 7) is 4.58. The standard InChI is InChI=1S/C27H34N2O4/c1-31-23-14-20(15-24(16-23)32-2)17-29-12-11-28(18-22(29)10-13-30)19-26-25-7-5-4-6-21(25)8-9-27(26)33-3/h4-9,14-16,22,30H,10-13,17-19H2,1-3H3. The van der Waals surface area contributed by atoms with Crippen LogP contribution >= 0.6 is 0 Å². The van der Waals surface area contributed by atoms with Crippen molar-refractivity contribution in [2.45, 2.75) is 25.6 Å². The highest BCUT2D eigenvalue weighted by Crippen LogP contribution is 2.31. The highest BCUT2D eigenvalue weighted by atomic mass is 16.5. The lowest BCUT2D eigenvalue weighted by Crippen LogP contribution is -2.52. The first-order chi connectivity index (χ1) is 16.1. The van der Waals surface area contributed by atoms with E-state index in [1.807, 2.05) is 6.07 Å². The van der Waals surface area contributed by atoms with Crippen LogP contribution in [0.15, 0.2) is 54.6 Å². The van der Waals surface area contributed by atoms with Gasteiger partial charge in [-0.2, -0.15) is 0 Å². The number of fused-ring (bicyclic) bond motifs is 1. The third-order valence-corrected chi connectivity index (χ3v) is 6.55. The van der Waals surface area contributed by atoms with Gasteiger partial charge >= 0.3 is 0 Å². The lowest BCUT2D eigenvalue weighted by Gasteiger charge is -2.41. The zero-order chi connectivity index (χ0) is 23.2. The minimum atomic E-state index is 0.175. The van der Waals surface area contributed by atoms with Gasteiger partial charge in [-0.3, -0.25) is 9.80 Å². The van der Waals surface area contributed by atoms with E-state index in [2.05, 4.69) is 58.3 Å². The average molecular weight is 451 g/mol. The van der Waals surface area contributed by atoms with E-state index in [1.54, 1.807) is 21.3 Å². The number of hydrogen-bond donors (Lipinski definition) is 1. The molecule has 0 bridgehead atoms. The molecule has 0 radical (unpaired) electrons. The molecule has 33 heavy (non-hydrogen) atoms. The molecule has 6 heteroatoms. The summed E-state index contributed by atoms with van der Waals surface area (Å²) in [4.78, 5) is 4.94. The van der Waals surface area contributed by atoms with Crippen molar-refractivity contribution in [1.29, 1.82) is 0 Å². The summed E-state index contributed by atoms with van der Waals surface area (Å²) in [5.74, 6) is 2.52. The molecule has 0 spiro atoms. The van der Waals surface area contributed by atoms with E-state index >= 15 is 0 Å². The summed E-state index contributed by atoms with van der Waals surface area (Å²) in [6.07, 6.45) is 0.740. The van der Waals surface area contributed by atoms with Crippen molar-refractivity contribution in [3.8, 4) is 17.2 Å². The molecule has 1 unspecified atom stereocenters. The highest BCUT2D eigenvalue weighted by molar-refractivity contribution is 5.87. The van der Waals surface area contributed by atoms with E-state index < -0.39 is 0 Å². The van der Waals surface area contributed by atoms with Gasteiger partial charge in [-0.25, -0.2) is 0 Å².